The monoisotopic (exact) mass is 298 g/mol. The Morgan fingerprint density at radius 1 is 1.50 bits per heavy atom. The highest BCUT2D eigenvalue weighted by Gasteiger charge is 2.21. The maximum atomic E-state index is 11.7. The van der Waals surface area contributed by atoms with Crippen molar-refractivity contribution in [1.82, 2.24) is 0 Å². The third-order valence-electron chi connectivity index (χ3n) is 3.31. The first kappa shape index (κ1) is 17.0. The lowest BCUT2D eigenvalue weighted by Gasteiger charge is -2.11. The molecule has 1 aliphatic carbocycles. The smallest absolute Gasteiger partial charge is 0.228 e. The zero-order valence-corrected chi connectivity index (χ0v) is 12.6. The minimum absolute atomic E-state index is 0. The quantitative estimate of drug-likeness (QED) is 0.813. The van der Waals surface area contributed by atoms with Gasteiger partial charge in [0.1, 0.15) is 0 Å². The van der Waals surface area contributed by atoms with Gasteiger partial charge in [-0.1, -0.05) is 19.1 Å². The van der Waals surface area contributed by atoms with Crippen molar-refractivity contribution >= 4 is 24.0 Å². The number of benzene rings is 1. The highest BCUT2D eigenvalue weighted by atomic mass is 35.5. The zero-order chi connectivity index (χ0) is 13.7. The molecule has 0 radical (unpaired) electrons. The van der Waals surface area contributed by atoms with E-state index in [1.165, 1.54) is 12.8 Å². The van der Waals surface area contributed by atoms with Crippen molar-refractivity contribution in [3.63, 3.8) is 0 Å². The number of hydrogen-bond acceptors (Lipinski definition) is 3. The molecule has 1 atom stereocenters. The molecule has 0 heterocycles. The topological polar surface area (TPSA) is 64.4 Å². The summed E-state index contributed by atoms with van der Waals surface area (Å²) in [6.07, 6.45) is 2.60. The normalized spacial score (nSPS) is 15.3. The minimum Gasteiger partial charge on any atom is -0.376 e. The fourth-order valence-corrected chi connectivity index (χ4v) is 1.74. The molecule has 1 aliphatic rings. The van der Waals surface area contributed by atoms with E-state index < -0.39 is 0 Å². The fourth-order valence-electron chi connectivity index (χ4n) is 1.74. The second-order valence-corrected chi connectivity index (χ2v) is 5.28. The molecular formula is C15H23ClN2O2. The molecule has 1 unspecified atom stereocenters. The summed E-state index contributed by atoms with van der Waals surface area (Å²) in [6.45, 7) is 3.63. The maximum Gasteiger partial charge on any atom is 0.228 e. The summed E-state index contributed by atoms with van der Waals surface area (Å²) in [4.78, 5) is 11.7. The molecule has 0 aromatic heterocycles. The Kier molecular flexibility index (Phi) is 6.99. The standard InChI is InChI=1S/C15H22N2O2.ClH/c1-11(8-16)15(18)17-14-4-2-3-13(7-14)10-19-9-12-5-6-12;/h2-4,7,11-12H,5-6,8-10,16H2,1H3,(H,17,18);1H. The molecule has 0 aliphatic heterocycles. The molecule has 3 N–H and O–H groups in total. The Morgan fingerprint density at radius 2 is 2.25 bits per heavy atom. The predicted molar refractivity (Wildman–Crippen MR) is 82.9 cm³/mol. The molecule has 1 aromatic rings. The van der Waals surface area contributed by atoms with E-state index in [0.29, 0.717) is 13.2 Å². The van der Waals surface area contributed by atoms with Gasteiger partial charge in [0.05, 0.1) is 6.61 Å². The average Bonchev–Trinajstić information content (AvgIpc) is 3.22. The number of nitrogens with two attached hydrogens (primary N) is 1. The Morgan fingerprint density at radius 3 is 2.90 bits per heavy atom. The van der Waals surface area contributed by atoms with Crippen LogP contribution in [0.5, 0.6) is 0 Å². The average molecular weight is 299 g/mol. The van der Waals surface area contributed by atoms with Crippen molar-refractivity contribution in [1.29, 1.82) is 0 Å². The highest BCUT2D eigenvalue weighted by molar-refractivity contribution is 5.92. The van der Waals surface area contributed by atoms with Gasteiger partial charge >= 0.3 is 0 Å². The summed E-state index contributed by atoms with van der Waals surface area (Å²) in [5.41, 5.74) is 7.36. The van der Waals surface area contributed by atoms with E-state index in [9.17, 15) is 4.79 Å². The number of halogens is 1. The van der Waals surface area contributed by atoms with E-state index in [1.54, 1.807) is 0 Å². The van der Waals surface area contributed by atoms with E-state index in [-0.39, 0.29) is 24.2 Å². The van der Waals surface area contributed by atoms with E-state index in [4.69, 9.17) is 10.5 Å². The van der Waals surface area contributed by atoms with Gasteiger partial charge in [-0.15, -0.1) is 12.4 Å². The van der Waals surface area contributed by atoms with Crippen LogP contribution in [-0.4, -0.2) is 19.1 Å². The van der Waals surface area contributed by atoms with E-state index in [0.717, 1.165) is 23.8 Å². The molecule has 1 fully saturated rings. The van der Waals surface area contributed by atoms with Gasteiger partial charge in [0.25, 0.3) is 0 Å². The van der Waals surface area contributed by atoms with Crippen LogP contribution in [0, 0.1) is 11.8 Å². The van der Waals surface area contributed by atoms with Crippen molar-refractivity contribution < 1.29 is 9.53 Å². The van der Waals surface area contributed by atoms with Crippen LogP contribution in [0.15, 0.2) is 24.3 Å². The largest absolute Gasteiger partial charge is 0.376 e. The van der Waals surface area contributed by atoms with Crippen LogP contribution in [0.3, 0.4) is 0 Å². The summed E-state index contributed by atoms with van der Waals surface area (Å²) >= 11 is 0. The van der Waals surface area contributed by atoms with Crippen LogP contribution in [0.1, 0.15) is 25.3 Å². The number of ether oxygens (including phenoxy) is 1. The van der Waals surface area contributed by atoms with Gasteiger partial charge in [0.15, 0.2) is 0 Å². The van der Waals surface area contributed by atoms with Crippen molar-refractivity contribution in [2.75, 3.05) is 18.5 Å². The number of rotatable bonds is 7. The summed E-state index contributed by atoms with van der Waals surface area (Å²) in [5, 5.41) is 2.87. The third-order valence-corrected chi connectivity index (χ3v) is 3.31. The minimum atomic E-state index is -0.172. The number of amides is 1. The lowest BCUT2D eigenvalue weighted by atomic mass is 10.1. The van der Waals surface area contributed by atoms with Crippen LogP contribution >= 0.6 is 12.4 Å². The number of nitrogens with one attached hydrogen (secondary N) is 1. The van der Waals surface area contributed by atoms with Crippen LogP contribution in [0.4, 0.5) is 5.69 Å². The molecule has 0 bridgehead atoms. The molecule has 2 rings (SSSR count). The second-order valence-electron chi connectivity index (χ2n) is 5.28. The Labute approximate surface area is 126 Å². The summed E-state index contributed by atoms with van der Waals surface area (Å²) in [6, 6.07) is 7.77. The van der Waals surface area contributed by atoms with Gasteiger partial charge in [-0.2, -0.15) is 0 Å². The first-order valence-corrected chi connectivity index (χ1v) is 6.86. The maximum absolute atomic E-state index is 11.7. The molecule has 4 nitrogen and oxygen atoms in total. The molecular weight excluding hydrogens is 276 g/mol. The summed E-state index contributed by atoms with van der Waals surface area (Å²) in [7, 11) is 0. The molecule has 1 saturated carbocycles. The van der Waals surface area contributed by atoms with Crippen molar-refractivity contribution in [3.05, 3.63) is 29.8 Å². The fraction of sp³-hybridized carbons (Fsp3) is 0.533. The molecule has 1 aromatic carbocycles. The SMILES string of the molecule is CC(CN)C(=O)Nc1cccc(COCC2CC2)c1.Cl. The predicted octanol–water partition coefficient (Wildman–Crippen LogP) is 2.57. The van der Waals surface area contributed by atoms with Gasteiger partial charge in [0.2, 0.25) is 5.91 Å². The van der Waals surface area contributed by atoms with E-state index in [1.807, 2.05) is 31.2 Å². The summed E-state index contributed by atoms with van der Waals surface area (Å²) in [5.74, 6) is 0.557. The van der Waals surface area contributed by atoms with Crippen LogP contribution in [-0.2, 0) is 16.1 Å². The van der Waals surface area contributed by atoms with Gasteiger partial charge in [-0.3, -0.25) is 4.79 Å². The third kappa shape index (κ3) is 5.49. The van der Waals surface area contributed by atoms with E-state index >= 15 is 0 Å². The lowest BCUT2D eigenvalue weighted by molar-refractivity contribution is -0.119. The van der Waals surface area contributed by atoms with Crippen molar-refractivity contribution in [3.8, 4) is 0 Å². The van der Waals surface area contributed by atoms with Crippen LogP contribution in [0.2, 0.25) is 0 Å². The van der Waals surface area contributed by atoms with Crippen molar-refractivity contribution in [2.45, 2.75) is 26.4 Å². The molecule has 0 saturated heterocycles. The number of carbonyl (C=O) groups is 1. The molecule has 1 amide bonds. The molecule has 5 heteroatoms. The van der Waals surface area contributed by atoms with Gasteiger partial charge < -0.3 is 15.8 Å². The molecule has 20 heavy (non-hydrogen) atoms. The highest BCUT2D eigenvalue weighted by Crippen LogP contribution is 2.29. The van der Waals surface area contributed by atoms with Crippen LogP contribution in [0.25, 0.3) is 0 Å². The van der Waals surface area contributed by atoms with Gasteiger partial charge in [0, 0.05) is 24.8 Å². The molecule has 112 valence electrons. The van der Waals surface area contributed by atoms with Gasteiger partial charge in [-0.25, -0.2) is 0 Å². The second kappa shape index (κ2) is 8.25. The first-order valence-electron chi connectivity index (χ1n) is 6.86. The Balaban J connectivity index is 0.00000200. The van der Waals surface area contributed by atoms with Crippen LogP contribution < -0.4 is 11.1 Å². The Bertz CT molecular complexity index is 436. The number of carbonyl (C=O) groups excluding carboxylic acids is 1. The number of anilines is 1. The lowest BCUT2D eigenvalue weighted by Crippen LogP contribution is -2.26. The first-order chi connectivity index (χ1) is 9.19. The summed E-state index contributed by atoms with van der Waals surface area (Å²) < 4.78 is 5.64. The van der Waals surface area contributed by atoms with Gasteiger partial charge in [-0.05, 0) is 36.5 Å². The van der Waals surface area contributed by atoms with E-state index in [2.05, 4.69) is 5.32 Å². The number of hydrogen-bond donors (Lipinski definition) is 2. The van der Waals surface area contributed by atoms with Crippen molar-refractivity contribution in [2.24, 2.45) is 17.6 Å². The zero-order valence-electron chi connectivity index (χ0n) is 11.8. The Hall–Kier alpha value is -1.10. The molecule has 0 spiro atoms.